The largest absolute Gasteiger partial charge is 0.351 e. The average molecular weight is 439 g/mol. The number of hydrogen-bond acceptors (Lipinski definition) is 7. The third-order valence-corrected chi connectivity index (χ3v) is 6.16. The highest BCUT2D eigenvalue weighted by Gasteiger charge is 2.13. The standard InChI is InChI=1S/C22H23ClN6S/c23-19-8-4-5-9-20(19)30-29-21-15-24-18(14-25-21)11-10-16-12-26-22(27-13-16)28-17-6-2-1-3-7-17/h4-5,8-15,17H,1-3,6-7H2,(H,25,29)(H,26,27,28)/b11-10+. The van der Waals surface area contributed by atoms with E-state index in [1.165, 1.54) is 44.1 Å². The predicted molar refractivity (Wildman–Crippen MR) is 124 cm³/mol. The predicted octanol–water partition coefficient (Wildman–Crippen LogP) is 5.95. The van der Waals surface area contributed by atoms with E-state index in [4.69, 9.17) is 11.6 Å². The molecule has 0 amide bonds. The number of hydrogen-bond donors (Lipinski definition) is 2. The molecule has 154 valence electrons. The number of nitrogens with zero attached hydrogens (tertiary/aromatic N) is 4. The van der Waals surface area contributed by atoms with Crippen molar-refractivity contribution in [2.45, 2.75) is 43.0 Å². The molecule has 1 saturated carbocycles. The van der Waals surface area contributed by atoms with Crippen LogP contribution in [0.2, 0.25) is 5.02 Å². The summed E-state index contributed by atoms with van der Waals surface area (Å²) in [5, 5.41) is 4.13. The lowest BCUT2D eigenvalue weighted by atomic mass is 9.96. The molecule has 2 aromatic heterocycles. The molecule has 1 aliphatic rings. The van der Waals surface area contributed by atoms with Gasteiger partial charge >= 0.3 is 0 Å². The zero-order valence-electron chi connectivity index (χ0n) is 16.5. The Balaban J connectivity index is 1.30. The smallest absolute Gasteiger partial charge is 0.222 e. The summed E-state index contributed by atoms with van der Waals surface area (Å²) in [5.74, 6) is 1.36. The van der Waals surface area contributed by atoms with Crippen LogP contribution in [-0.4, -0.2) is 26.0 Å². The summed E-state index contributed by atoms with van der Waals surface area (Å²) in [5.41, 5.74) is 1.68. The normalized spacial score (nSPS) is 14.7. The molecule has 1 aliphatic carbocycles. The number of benzene rings is 1. The molecule has 30 heavy (non-hydrogen) atoms. The highest BCUT2D eigenvalue weighted by molar-refractivity contribution is 8.00. The summed E-state index contributed by atoms with van der Waals surface area (Å²) < 4.78 is 3.15. The maximum Gasteiger partial charge on any atom is 0.222 e. The van der Waals surface area contributed by atoms with E-state index < -0.39 is 0 Å². The number of aromatic nitrogens is 4. The molecule has 2 heterocycles. The molecule has 0 radical (unpaired) electrons. The molecule has 1 fully saturated rings. The third-order valence-electron chi connectivity index (χ3n) is 4.83. The van der Waals surface area contributed by atoms with Gasteiger partial charge in [0.1, 0.15) is 0 Å². The lowest BCUT2D eigenvalue weighted by molar-refractivity contribution is 0.461. The van der Waals surface area contributed by atoms with Crippen LogP contribution in [0.5, 0.6) is 0 Å². The number of anilines is 2. The first-order valence-electron chi connectivity index (χ1n) is 10.0. The molecule has 0 saturated heterocycles. The molecule has 0 atom stereocenters. The van der Waals surface area contributed by atoms with Gasteiger partial charge in [-0.3, -0.25) is 4.98 Å². The Bertz CT molecular complexity index is 972. The van der Waals surface area contributed by atoms with Gasteiger partial charge in [0.15, 0.2) is 5.82 Å². The fraction of sp³-hybridized carbons (Fsp3) is 0.273. The Morgan fingerprint density at radius 2 is 1.70 bits per heavy atom. The van der Waals surface area contributed by atoms with Gasteiger partial charge in [0.2, 0.25) is 5.95 Å². The number of nitrogens with one attached hydrogen (secondary N) is 2. The molecule has 0 spiro atoms. The Morgan fingerprint density at radius 3 is 2.43 bits per heavy atom. The van der Waals surface area contributed by atoms with Crippen LogP contribution in [0.15, 0.2) is 53.9 Å². The van der Waals surface area contributed by atoms with Crippen LogP contribution in [0.4, 0.5) is 11.8 Å². The van der Waals surface area contributed by atoms with Gasteiger partial charge in [-0.2, -0.15) is 0 Å². The first-order chi connectivity index (χ1) is 14.8. The van der Waals surface area contributed by atoms with Gasteiger partial charge < -0.3 is 10.0 Å². The van der Waals surface area contributed by atoms with Gasteiger partial charge in [0.25, 0.3) is 0 Å². The number of rotatable bonds is 7. The van der Waals surface area contributed by atoms with Crippen molar-refractivity contribution in [1.29, 1.82) is 0 Å². The molecule has 0 aliphatic heterocycles. The molecular formula is C22H23ClN6S. The van der Waals surface area contributed by atoms with Crippen molar-refractivity contribution in [1.82, 2.24) is 19.9 Å². The van der Waals surface area contributed by atoms with E-state index in [1.807, 2.05) is 48.8 Å². The molecule has 0 bridgehead atoms. The van der Waals surface area contributed by atoms with Crippen LogP contribution in [0, 0.1) is 0 Å². The lowest BCUT2D eigenvalue weighted by Gasteiger charge is -2.22. The second-order valence-electron chi connectivity index (χ2n) is 7.11. The van der Waals surface area contributed by atoms with Crippen LogP contribution in [0.1, 0.15) is 43.4 Å². The monoisotopic (exact) mass is 438 g/mol. The Labute approximate surface area is 185 Å². The van der Waals surface area contributed by atoms with Crippen LogP contribution >= 0.6 is 23.5 Å². The lowest BCUT2D eigenvalue weighted by Crippen LogP contribution is -2.23. The molecule has 4 rings (SSSR count). The van der Waals surface area contributed by atoms with E-state index in [0.29, 0.717) is 22.8 Å². The van der Waals surface area contributed by atoms with Gasteiger partial charge in [-0.25, -0.2) is 15.0 Å². The van der Waals surface area contributed by atoms with E-state index in [2.05, 4.69) is 30.0 Å². The fourth-order valence-electron chi connectivity index (χ4n) is 3.22. The third kappa shape index (κ3) is 5.93. The quantitative estimate of drug-likeness (QED) is 0.441. The highest BCUT2D eigenvalue weighted by atomic mass is 35.5. The summed E-state index contributed by atoms with van der Waals surface area (Å²) >= 11 is 7.56. The second-order valence-corrected chi connectivity index (χ2v) is 8.37. The van der Waals surface area contributed by atoms with Crippen molar-refractivity contribution < 1.29 is 0 Å². The summed E-state index contributed by atoms with van der Waals surface area (Å²) in [6, 6.07) is 8.14. The van der Waals surface area contributed by atoms with E-state index in [1.54, 1.807) is 12.4 Å². The number of halogens is 1. The maximum atomic E-state index is 6.15. The summed E-state index contributed by atoms with van der Waals surface area (Å²) in [7, 11) is 0. The maximum absolute atomic E-state index is 6.15. The van der Waals surface area contributed by atoms with Crippen LogP contribution in [-0.2, 0) is 0 Å². The highest BCUT2D eigenvalue weighted by Crippen LogP contribution is 2.27. The second kappa shape index (κ2) is 10.4. The molecule has 8 heteroatoms. The fourth-order valence-corrected chi connectivity index (χ4v) is 4.10. The van der Waals surface area contributed by atoms with Crippen molar-refractivity contribution in [3.63, 3.8) is 0 Å². The molecule has 3 aromatic rings. The van der Waals surface area contributed by atoms with E-state index in [-0.39, 0.29) is 0 Å². The van der Waals surface area contributed by atoms with Gasteiger partial charge in [0.05, 0.1) is 23.1 Å². The topological polar surface area (TPSA) is 75.6 Å². The zero-order valence-corrected chi connectivity index (χ0v) is 18.0. The SMILES string of the molecule is Clc1ccccc1SNc1cnc(/C=C/c2cnc(NC3CCCCC3)nc2)cn1. The van der Waals surface area contributed by atoms with Gasteiger partial charge in [-0.15, -0.1) is 0 Å². The van der Waals surface area contributed by atoms with Crippen molar-refractivity contribution >= 4 is 47.5 Å². The first kappa shape index (κ1) is 20.6. The van der Waals surface area contributed by atoms with Crippen molar-refractivity contribution in [3.05, 3.63) is 65.3 Å². The van der Waals surface area contributed by atoms with E-state index >= 15 is 0 Å². The van der Waals surface area contributed by atoms with Crippen molar-refractivity contribution in [3.8, 4) is 0 Å². The Hall–Kier alpha value is -2.64. The van der Waals surface area contributed by atoms with Crippen molar-refractivity contribution in [2.75, 3.05) is 10.0 Å². The molecule has 1 aromatic carbocycles. The Kier molecular flexibility index (Phi) is 7.16. The molecule has 2 N–H and O–H groups in total. The molecule has 6 nitrogen and oxygen atoms in total. The van der Waals surface area contributed by atoms with Gasteiger partial charge in [-0.1, -0.05) is 43.0 Å². The van der Waals surface area contributed by atoms with Crippen LogP contribution in [0.3, 0.4) is 0 Å². The molecular weight excluding hydrogens is 416 g/mol. The van der Waals surface area contributed by atoms with Crippen LogP contribution < -0.4 is 10.0 Å². The van der Waals surface area contributed by atoms with Gasteiger partial charge in [0, 0.05) is 28.9 Å². The minimum Gasteiger partial charge on any atom is -0.351 e. The minimum absolute atomic E-state index is 0.499. The summed E-state index contributed by atoms with van der Waals surface area (Å²) in [6.45, 7) is 0. The average Bonchev–Trinajstić information content (AvgIpc) is 2.79. The summed E-state index contributed by atoms with van der Waals surface area (Å²) in [4.78, 5) is 18.6. The zero-order chi connectivity index (χ0) is 20.6. The van der Waals surface area contributed by atoms with E-state index in [9.17, 15) is 0 Å². The van der Waals surface area contributed by atoms with E-state index in [0.717, 1.165) is 16.2 Å². The van der Waals surface area contributed by atoms with Crippen LogP contribution in [0.25, 0.3) is 12.2 Å². The van der Waals surface area contributed by atoms with Crippen molar-refractivity contribution in [2.24, 2.45) is 0 Å². The first-order valence-corrected chi connectivity index (χ1v) is 11.2. The molecule has 0 unspecified atom stereocenters. The minimum atomic E-state index is 0.499. The Morgan fingerprint density at radius 1 is 0.900 bits per heavy atom. The summed E-state index contributed by atoms with van der Waals surface area (Å²) in [6.07, 6.45) is 17.2. The van der Waals surface area contributed by atoms with Gasteiger partial charge in [-0.05, 0) is 49.1 Å².